The maximum absolute atomic E-state index is 14.8. The van der Waals surface area contributed by atoms with E-state index in [0.29, 0.717) is 31.7 Å². The number of aryl methyl sites for hydroxylation is 1. The van der Waals surface area contributed by atoms with Crippen LogP contribution in [-0.2, 0) is 16.1 Å². The molecule has 3 heterocycles. The molecule has 8 nitrogen and oxygen atoms in total. The Morgan fingerprint density at radius 1 is 1.39 bits per heavy atom. The van der Waals surface area contributed by atoms with Crippen molar-refractivity contribution in [2.24, 2.45) is 0 Å². The fourth-order valence-electron chi connectivity index (χ4n) is 3.45. The van der Waals surface area contributed by atoms with Gasteiger partial charge < -0.3 is 19.5 Å². The number of fused-ring (bicyclic) bond motifs is 1. The van der Waals surface area contributed by atoms with Crippen LogP contribution in [0.5, 0.6) is 0 Å². The van der Waals surface area contributed by atoms with Crippen LogP contribution in [0.3, 0.4) is 0 Å². The number of aromatic nitrogens is 2. The van der Waals surface area contributed by atoms with Crippen LogP contribution < -0.4 is 15.6 Å². The normalized spacial score (nSPS) is 16.4. The van der Waals surface area contributed by atoms with Crippen LogP contribution in [0.2, 0.25) is 0 Å². The number of carbonyl (C=O) groups is 2. The fourth-order valence-corrected chi connectivity index (χ4v) is 3.45. The highest BCUT2D eigenvalue weighted by Crippen LogP contribution is 2.25. The molecule has 0 spiro atoms. The molecule has 0 saturated carbocycles. The second-order valence-corrected chi connectivity index (χ2v) is 6.68. The molecule has 150 valence electrons. The van der Waals surface area contributed by atoms with Crippen LogP contribution in [-0.4, -0.2) is 47.2 Å². The van der Waals surface area contributed by atoms with Crippen molar-refractivity contribution in [3.63, 3.8) is 0 Å². The third kappa shape index (κ3) is 3.69. The Morgan fingerprint density at radius 2 is 2.14 bits per heavy atom. The summed E-state index contributed by atoms with van der Waals surface area (Å²) >= 11 is 0. The molecule has 1 unspecified atom stereocenters. The number of ether oxygens (including phenoxy) is 1. The van der Waals surface area contributed by atoms with Crippen molar-refractivity contribution in [3.8, 4) is 0 Å². The minimum absolute atomic E-state index is 0.0336. The van der Waals surface area contributed by atoms with Crippen LogP contribution in [0.15, 0.2) is 17.1 Å². The first-order chi connectivity index (χ1) is 13.3. The molecule has 1 aliphatic rings. The topological polar surface area (TPSA) is 93.5 Å². The van der Waals surface area contributed by atoms with Crippen molar-refractivity contribution in [3.05, 3.63) is 33.9 Å². The van der Waals surface area contributed by atoms with Gasteiger partial charge in [-0.25, -0.2) is 14.2 Å². The highest BCUT2D eigenvalue weighted by Gasteiger charge is 2.27. The van der Waals surface area contributed by atoms with E-state index < -0.39 is 17.2 Å². The van der Waals surface area contributed by atoms with Gasteiger partial charge >= 0.3 is 5.97 Å². The average molecular weight is 390 g/mol. The zero-order chi connectivity index (χ0) is 20.4. The molecule has 1 N–H and O–H groups in total. The van der Waals surface area contributed by atoms with Gasteiger partial charge in [-0.05, 0) is 26.3 Å². The van der Waals surface area contributed by atoms with Crippen molar-refractivity contribution >= 4 is 28.7 Å². The molecule has 2 aromatic heterocycles. The summed E-state index contributed by atoms with van der Waals surface area (Å²) in [5.74, 6) is -1.38. The van der Waals surface area contributed by atoms with Crippen LogP contribution >= 0.6 is 0 Å². The van der Waals surface area contributed by atoms with Gasteiger partial charge in [0.1, 0.15) is 11.2 Å². The largest absolute Gasteiger partial charge is 0.462 e. The number of anilines is 1. The van der Waals surface area contributed by atoms with Gasteiger partial charge in [-0.2, -0.15) is 0 Å². The lowest BCUT2D eigenvalue weighted by atomic mass is 10.2. The SMILES string of the molecule is CCOC(=O)c1cn(CC)c2nc(N3CCC(NC(C)=O)C3)c(F)cc2c1=O. The van der Waals surface area contributed by atoms with Crippen LogP contribution in [0.25, 0.3) is 11.0 Å². The summed E-state index contributed by atoms with van der Waals surface area (Å²) < 4.78 is 21.4. The van der Waals surface area contributed by atoms with Crippen molar-refractivity contribution in [1.29, 1.82) is 0 Å². The summed E-state index contributed by atoms with van der Waals surface area (Å²) in [4.78, 5) is 42.1. The van der Waals surface area contributed by atoms with Gasteiger partial charge in [0.15, 0.2) is 11.6 Å². The Hall–Kier alpha value is -2.97. The molecule has 9 heteroatoms. The van der Waals surface area contributed by atoms with E-state index in [2.05, 4.69) is 10.3 Å². The van der Waals surface area contributed by atoms with Gasteiger partial charge in [-0.1, -0.05) is 0 Å². The van der Waals surface area contributed by atoms with Crippen molar-refractivity contribution < 1.29 is 18.7 Å². The lowest BCUT2D eigenvalue weighted by Gasteiger charge is -2.20. The molecule has 1 aliphatic heterocycles. The van der Waals surface area contributed by atoms with E-state index in [-0.39, 0.29) is 35.3 Å². The Bertz CT molecular complexity index is 988. The lowest BCUT2D eigenvalue weighted by Crippen LogP contribution is -2.36. The third-order valence-corrected chi connectivity index (χ3v) is 4.71. The molecule has 28 heavy (non-hydrogen) atoms. The maximum atomic E-state index is 14.8. The molecule has 0 aliphatic carbocycles. The molecule has 0 radical (unpaired) electrons. The van der Waals surface area contributed by atoms with E-state index in [9.17, 15) is 18.8 Å². The molecule has 1 atom stereocenters. The molecule has 1 saturated heterocycles. The Kier molecular flexibility index (Phi) is 5.62. The van der Waals surface area contributed by atoms with Gasteiger partial charge in [0, 0.05) is 38.8 Å². The second kappa shape index (κ2) is 7.95. The first kappa shape index (κ1) is 19.8. The molecule has 0 bridgehead atoms. The number of nitrogens with one attached hydrogen (secondary N) is 1. The van der Waals surface area contributed by atoms with Crippen molar-refractivity contribution in [2.75, 3.05) is 24.6 Å². The van der Waals surface area contributed by atoms with Crippen LogP contribution in [0.1, 0.15) is 37.6 Å². The van der Waals surface area contributed by atoms with Crippen molar-refractivity contribution in [2.45, 2.75) is 39.8 Å². The predicted octanol–water partition coefficient (Wildman–Crippen LogP) is 1.45. The third-order valence-electron chi connectivity index (χ3n) is 4.71. The van der Waals surface area contributed by atoms with Gasteiger partial charge in [-0.3, -0.25) is 9.59 Å². The summed E-state index contributed by atoms with van der Waals surface area (Å²) in [5, 5.41) is 2.86. The average Bonchev–Trinajstić information content (AvgIpc) is 3.09. The van der Waals surface area contributed by atoms with E-state index in [1.807, 2.05) is 6.92 Å². The summed E-state index contributed by atoms with van der Waals surface area (Å²) in [6, 6.07) is 1.05. The van der Waals surface area contributed by atoms with Gasteiger partial charge in [0.05, 0.1) is 12.0 Å². The fraction of sp³-hybridized carbons (Fsp3) is 0.474. The molecule has 1 amide bonds. The number of pyridine rings is 2. The molecule has 2 aromatic rings. The Labute approximate surface area is 161 Å². The molecule has 0 aromatic carbocycles. The number of halogens is 1. The minimum Gasteiger partial charge on any atom is -0.462 e. The first-order valence-electron chi connectivity index (χ1n) is 9.28. The monoisotopic (exact) mass is 390 g/mol. The van der Waals surface area contributed by atoms with Crippen molar-refractivity contribution in [1.82, 2.24) is 14.9 Å². The first-order valence-corrected chi connectivity index (χ1v) is 9.28. The van der Waals surface area contributed by atoms with Gasteiger partial charge in [-0.15, -0.1) is 0 Å². The standard InChI is InChI=1S/C19H23FN4O4/c1-4-23-10-14(19(27)28-5-2)16(26)13-8-15(20)18(22-17(13)23)24-7-6-12(9-24)21-11(3)25/h8,10,12H,4-7,9H2,1-3H3,(H,21,25). The number of rotatable bonds is 5. The number of hydrogen-bond donors (Lipinski definition) is 1. The maximum Gasteiger partial charge on any atom is 0.343 e. The summed E-state index contributed by atoms with van der Waals surface area (Å²) in [7, 11) is 0. The Balaban J connectivity index is 2.06. The van der Waals surface area contributed by atoms with E-state index in [1.165, 1.54) is 13.1 Å². The predicted molar refractivity (Wildman–Crippen MR) is 102 cm³/mol. The summed E-state index contributed by atoms with van der Waals surface area (Å²) in [6.45, 7) is 6.48. The molecule has 3 rings (SSSR count). The summed E-state index contributed by atoms with van der Waals surface area (Å²) in [6.07, 6.45) is 2.09. The zero-order valence-corrected chi connectivity index (χ0v) is 16.1. The summed E-state index contributed by atoms with van der Waals surface area (Å²) in [5.41, 5.74) is -0.439. The van der Waals surface area contributed by atoms with E-state index >= 15 is 0 Å². The number of amides is 1. The van der Waals surface area contributed by atoms with E-state index in [1.54, 1.807) is 16.4 Å². The van der Waals surface area contributed by atoms with Gasteiger partial charge in [0.25, 0.3) is 0 Å². The van der Waals surface area contributed by atoms with Crippen LogP contribution in [0.4, 0.5) is 10.2 Å². The number of esters is 1. The molecular weight excluding hydrogens is 367 g/mol. The van der Waals surface area contributed by atoms with Crippen LogP contribution in [0, 0.1) is 5.82 Å². The molecule has 1 fully saturated rings. The number of nitrogens with zero attached hydrogens (tertiary/aromatic N) is 3. The highest BCUT2D eigenvalue weighted by molar-refractivity contribution is 5.93. The second-order valence-electron chi connectivity index (χ2n) is 6.68. The smallest absolute Gasteiger partial charge is 0.343 e. The quantitative estimate of drug-likeness (QED) is 0.777. The van der Waals surface area contributed by atoms with Gasteiger partial charge in [0.2, 0.25) is 11.3 Å². The van der Waals surface area contributed by atoms with E-state index in [4.69, 9.17) is 4.74 Å². The Morgan fingerprint density at radius 3 is 2.79 bits per heavy atom. The number of hydrogen-bond acceptors (Lipinski definition) is 6. The lowest BCUT2D eigenvalue weighted by molar-refractivity contribution is -0.119. The number of carbonyl (C=O) groups excluding carboxylic acids is 2. The zero-order valence-electron chi connectivity index (χ0n) is 16.1. The highest BCUT2D eigenvalue weighted by atomic mass is 19.1. The van der Waals surface area contributed by atoms with E-state index in [0.717, 1.165) is 6.07 Å². The molecular formula is C19H23FN4O4. The minimum atomic E-state index is -0.737.